The van der Waals surface area contributed by atoms with Gasteiger partial charge in [0.1, 0.15) is 16.6 Å². The summed E-state index contributed by atoms with van der Waals surface area (Å²) in [4.78, 5) is 12.8. The summed E-state index contributed by atoms with van der Waals surface area (Å²) in [5.74, 6) is -0.251. The van der Waals surface area contributed by atoms with Crippen molar-refractivity contribution in [3.8, 4) is 5.75 Å². The lowest BCUT2D eigenvalue weighted by molar-refractivity contribution is -0.149. The first-order valence-corrected chi connectivity index (χ1v) is 9.04. The van der Waals surface area contributed by atoms with Crippen LogP contribution in [-0.4, -0.2) is 18.9 Å². The van der Waals surface area contributed by atoms with Crippen LogP contribution in [-0.2, 0) is 9.53 Å². The van der Waals surface area contributed by atoms with E-state index in [-0.39, 0.29) is 5.84 Å². The van der Waals surface area contributed by atoms with Gasteiger partial charge in [0, 0.05) is 10.6 Å². The fourth-order valence-corrected chi connectivity index (χ4v) is 3.81. The normalized spacial score (nSPS) is 12.0. The number of nitrogens with one attached hydrogen (secondary N) is 1. The fraction of sp³-hybridized carbons (Fsp3) is 0.111. The molecule has 1 aromatic heterocycles. The fourth-order valence-electron chi connectivity index (χ4n) is 2.40. The zero-order valence-corrected chi connectivity index (χ0v) is 15.9. The van der Waals surface area contributed by atoms with E-state index >= 15 is 0 Å². The molecule has 0 spiro atoms. The maximum atomic E-state index is 12.2. The van der Waals surface area contributed by atoms with Crippen LogP contribution in [0.4, 0.5) is 0 Å². The number of amidine groups is 1. The number of thiophene rings is 1. The number of nitrogen functional groups attached to an aromatic ring is 1. The Labute approximate surface area is 163 Å². The van der Waals surface area contributed by atoms with Gasteiger partial charge in [-0.05, 0) is 35.7 Å². The van der Waals surface area contributed by atoms with Gasteiger partial charge in [-0.3, -0.25) is 5.41 Å². The number of hydrogen-bond donors (Lipinski definition) is 2. The predicted molar refractivity (Wildman–Crippen MR) is 105 cm³/mol. The molecule has 26 heavy (non-hydrogen) atoms. The van der Waals surface area contributed by atoms with E-state index in [4.69, 9.17) is 43.8 Å². The second kappa shape index (κ2) is 7.53. The summed E-state index contributed by atoms with van der Waals surface area (Å²) >= 11 is 13.7. The Morgan fingerprint density at radius 3 is 2.50 bits per heavy atom. The number of ether oxygens (including phenoxy) is 2. The average Bonchev–Trinajstić information content (AvgIpc) is 3.07. The molecule has 0 amide bonds. The van der Waals surface area contributed by atoms with Gasteiger partial charge < -0.3 is 15.2 Å². The van der Waals surface area contributed by atoms with E-state index in [1.54, 1.807) is 42.5 Å². The monoisotopic (exact) mass is 408 g/mol. The van der Waals surface area contributed by atoms with Gasteiger partial charge in [0.25, 0.3) is 0 Å². The number of nitrogens with two attached hydrogens (primary N) is 1. The van der Waals surface area contributed by atoms with Gasteiger partial charge in [-0.2, -0.15) is 0 Å². The van der Waals surface area contributed by atoms with Crippen LogP contribution < -0.4 is 10.5 Å². The van der Waals surface area contributed by atoms with Crippen molar-refractivity contribution in [2.45, 2.75) is 6.10 Å². The van der Waals surface area contributed by atoms with Crippen LogP contribution in [0.5, 0.6) is 5.75 Å². The van der Waals surface area contributed by atoms with Crippen molar-refractivity contribution < 1.29 is 14.3 Å². The first-order valence-electron chi connectivity index (χ1n) is 7.47. The Balaban J connectivity index is 2.00. The Kier molecular flexibility index (Phi) is 5.36. The van der Waals surface area contributed by atoms with Gasteiger partial charge in [0.2, 0.25) is 6.10 Å². The third kappa shape index (κ3) is 3.62. The summed E-state index contributed by atoms with van der Waals surface area (Å²) in [6.07, 6.45) is -0.987. The van der Waals surface area contributed by atoms with Crippen molar-refractivity contribution >= 4 is 56.4 Å². The molecule has 5 nitrogen and oxygen atoms in total. The lowest BCUT2D eigenvalue weighted by Gasteiger charge is -2.18. The second-order valence-electron chi connectivity index (χ2n) is 5.39. The largest absolute Gasteiger partial charge is 0.472 e. The van der Waals surface area contributed by atoms with Gasteiger partial charge >= 0.3 is 5.97 Å². The Bertz CT molecular complexity index is 986. The number of rotatable bonds is 5. The summed E-state index contributed by atoms with van der Waals surface area (Å²) in [6, 6.07) is 12.0. The number of carbonyl (C=O) groups excluding carboxylic acids is 1. The number of carbonyl (C=O) groups is 1. The zero-order valence-electron chi connectivity index (χ0n) is 13.6. The molecule has 8 heteroatoms. The molecule has 3 aromatic rings. The highest BCUT2D eigenvalue weighted by atomic mass is 35.5. The highest BCUT2D eigenvalue weighted by Gasteiger charge is 2.25. The van der Waals surface area contributed by atoms with Gasteiger partial charge in [0.15, 0.2) is 0 Å². The molecule has 0 aliphatic heterocycles. The van der Waals surface area contributed by atoms with Crippen molar-refractivity contribution in [1.29, 1.82) is 5.41 Å². The molecule has 0 saturated carbocycles. The minimum absolute atomic E-state index is 0.0293. The molecule has 3 rings (SSSR count). The van der Waals surface area contributed by atoms with E-state index in [9.17, 15) is 4.79 Å². The SMILES string of the molecule is COC(=O)C(Oc1ccc2cc(C(=N)N)sc2c1Cl)c1ccc(Cl)cc1. The van der Waals surface area contributed by atoms with Gasteiger partial charge in [-0.25, -0.2) is 4.79 Å². The van der Waals surface area contributed by atoms with Crippen LogP contribution in [0.1, 0.15) is 16.5 Å². The molecule has 134 valence electrons. The maximum absolute atomic E-state index is 12.2. The molecule has 2 aromatic carbocycles. The third-order valence-electron chi connectivity index (χ3n) is 3.69. The van der Waals surface area contributed by atoms with Gasteiger partial charge in [-0.1, -0.05) is 35.3 Å². The highest BCUT2D eigenvalue weighted by Crippen LogP contribution is 2.39. The lowest BCUT2D eigenvalue weighted by atomic mass is 10.1. The molecule has 0 radical (unpaired) electrons. The van der Waals surface area contributed by atoms with E-state index in [2.05, 4.69) is 0 Å². The number of benzene rings is 2. The topological polar surface area (TPSA) is 85.4 Å². The summed E-state index contributed by atoms with van der Waals surface area (Å²) in [5.41, 5.74) is 6.13. The summed E-state index contributed by atoms with van der Waals surface area (Å²) in [7, 11) is 1.29. The molecule has 1 unspecified atom stereocenters. The average molecular weight is 409 g/mol. The summed E-state index contributed by atoms with van der Waals surface area (Å²) in [6.45, 7) is 0. The molecule has 1 heterocycles. The minimum Gasteiger partial charge on any atom is -0.472 e. The van der Waals surface area contributed by atoms with Crippen molar-refractivity contribution in [2.75, 3.05) is 7.11 Å². The van der Waals surface area contributed by atoms with Crippen molar-refractivity contribution in [2.24, 2.45) is 5.73 Å². The Morgan fingerprint density at radius 2 is 1.88 bits per heavy atom. The zero-order chi connectivity index (χ0) is 18.8. The summed E-state index contributed by atoms with van der Waals surface area (Å²) in [5, 5.41) is 9.30. The van der Waals surface area contributed by atoms with Crippen LogP contribution in [0.2, 0.25) is 10.0 Å². The standard InChI is InChI=1S/C18H14Cl2N2O3S/c1-24-18(23)15(9-2-5-11(19)6-3-9)25-12-7-4-10-8-13(17(21)22)26-16(10)14(12)20/h2-8,15H,1H3,(H3,21,22). The van der Waals surface area contributed by atoms with E-state index in [1.165, 1.54) is 18.4 Å². The first kappa shape index (κ1) is 18.5. The van der Waals surface area contributed by atoms with Crippen LogP contribution in [0.3, 0.4) is 0 Å². The van der Waals surface area contributed by atoms with Crippen LogP contribution in [0.25, 0.3) is 10.1 Å². The van der Waals surface area contributed by atoms with Crippen molar-refractivity contribution in [3.05, 3.63) is 63.0 Å². The second-order valence-corrected chi connectivity index (χ2v) is 7.26. The van der Waals surface area contributed by atoms with Gasteiger partial charge in [-0.15, -0.1) is 11.3 Å². The van der Waals surface area contributed by atoms with E-state index in [0.29, 0.717) is 26.2 Å². The molecular weight excluding hydrogens is 395 g/mol. The van der Waals surface area contributed by atoms with Gasteiger partial charge in [0.05, 0.1) is 16.7 Å². The highest BCUT2D eigenvalue weighted by molar-refractivity contribution is 7.21. The molecule has 0 saturated heterocycles. The molecule has 0 bridgehead atoms. The number of halogens is 2. The van der Waals surface area contributed by atoms with Crippen molar-refractivity contribution in [1.82, 2.24) is 0 Å². The van der Waals surface area contributed by atoms with Crippen LogP contribution in [0.15, 0.2) is 42.5 Å². The minimum atomic E-state index is -0.987. The third-order valence-corrected chi connectivity index (χ3v) is 5.63. The van der Waals surface area contributed by atoms with E-state index in [0.717, 1.165) is 10.1 Å². The Hall–Kier alpha value is -2.28. The predicted octanol–water partition coefficient (Wildman–Crippen LogP) is 4.79. The number of methoxy groups -OCH3 is 1. The molecule has 3 N–H and O–H groups in total. The number of esters is 1. The maximum Gasteiger partial charge on any atom is 0.351 e. The van der Waals surface area contributed by atoms with E-state index in [1.807, 2.05) is 0 Å². The molecule has 0 aliphatic carbocycles. The quantitative estimate of drug-likeness (QED) is 0.361. The smallest absolute Gasteiger partial charge is 0.351 e. The molecule has 0 fully saturated rings. The van der Waals surface area contributed by atoms with Crippen LogP contribution in [0, 0.1) is 5.41 Å². The first-order chi connectivity index (χ1) is 12.4. The van der Waals surface area contributed by atoms with Crippen molar-refractivity contribution in [3.63, 3.8) is 0 Å². The van der Waals surface area contributed by atoms with Crippen LogP contribution >= 0.6 is 34.5 Å². The molecule has 0 aliphatic rings. The molecule has 1 atom stereocenters. The molecular formula is C18H14Cl2N2O3S. The number of fused-ring (bicyclic) bond motifs is 1. The number of hydrogen-bond acceptors (Lipinski definition) is 5. The summed E-state index contributed by atoms with van der Waals surface area (Å²) < 4.78 is 11.5. The lowest BCUT2D eigenvalue weighted by Crippen LogP contribution is -2.20. The van der Waals surface area contributed by atoms with E-state index < -0.39 is 12.1 Å². The Morgan fingerprint density at radius 1 is 1.19 bits per heavy atom.